The molecule has 1 aliphatic heterocycles. The van der Waals surface area contributed by atoms with Gasteiger partial charge in [0.1, 0.15) is 6.10 Å². The summed E-state index contributed by atoms with van der Waals surface area (Å²) >= 11 is 0. The van der Waals surface area contributed by atoms with Gasteiger partial charge < -0.3 is 19.5 Å². The normalized spacial score (nSPS) is 15.6. The molecule has 1 fully saturated rings. The lowest BCUT2D eigenvalue weighted by atomic mass is 10.2. The lowest BCUT2D eigenvalue weighted by molar-refractivity contribution is 0.132. The van der Waals surface area contributed by atoms with E-state index in [4.69, 9.17) is 14.2 Å². The van der Waals surface area contributed by atoms with E-state index in [0.717, 1.165) is 13.1 Å². The van der Waals surface area contributed by atoms with Gasteiger partial charge in [0.05, 0.1) is 14.2 Å². The summed E-state index contributed by atoms with van der Waals surface area (Å²) in [7, 11) is 3.25. The van der Waals surface area contributed by atoms with Crippen molar-refractivity contribution in [2.75, 3.05) is 27.3 Å². The van der Waals surface area contributed by atoms with Crippen LogP contribution in [0.4, 0.5) is 0 Å². The van der Waals surface area contributed by atoms with E-state index in [2.05, 4.69) is 5.32 Å². The second kappa shape index (κ2) is 4.40. The van der Waals surface area contributed by atoms with Gasteiger partial charge in [0.15, 0.2) is 11.5 Å². The summed E-state index contributed by atoms with van der Waals surface area (Å²) in [5.41, 5.74) is 0. The first-order valence-electron chi connectivity index (χ1n) is 4.93. The molecule has 1 aromatic rings. The molecule has 0 saturated carbocycles. The topological polar surface area (TPSA) is 39.7 Å². The zero-order valence-corrected chi connectivity index (χ0v) is 8.95. The fourth-order valence-corrected chi connectivity index (χ4v) is 1.45. The molecule has 82 valence electrons. The third kappa shape index (κ3) is 1.99. The molecule has 0 radical (unpaired) electrons. The number of benzene rings is 1. The molecule has 0 atom stereocenters. The summed E-state index contributed by atoms with van der Waals surface area (Å²) in [5, 5.41) is 3.15. The van der Waals surface area contributed by atoms with Crippen molar-refractivity contribution in [3.63, 3.8) is 0 Å². The van der Waals surface area contributed by atoms with E-state index in [9.17, 15) is 0 Å². The highest BCUT2D eigenvalue weighted by molar-refractivity contribution is 5.51. The van der Waals surface area contributed by atoms with E-state index in [-0.39, 0.29) is 6.10 Å². The number of para-hydroxylation sites is 1. The van der Waals surface area contributed by atoms with Crippen LogP contribution in [0.2, 0.25) is 0 Å². The zero-order valence-electron chi connectivity index (χ0n) is 8.95. The molecule has 1 N–H and O–H groups in total. The van der Waals surface area contributed by atoms with Crippen LogP contribution in [0.5, 0.6) is 17.2 Å². The van der Waals surface area contributed by atoms with E-state index in [1.807, 2.05) is 18.2 Å². The van der Waals surface area contributed by atoms with Crippen molar-refractivity contribution in [3.05, 3.63) is 18.2 Å². The van der Waals surface area contributed by atoms with Crippen molar-refractivity contribution in [1.29, 1.82) is 0 Å². The van der Waals surface area contributed by atoms with Crippen molar-refractivity contribution in [2.45, 2.75) is 6.10 Å². The van der Waals surface area contributed by atoms with E-state index < -0.39 is 0 Å². The van der Waals surface area contributed by atoms with Gasteiger partial charge >= 0.3 is 0 Å². The Hall–Kier alpha value is -1.42. The van der Waals surface area contributed by atoms with Crippen LogP contribution in [-0.4, -0.2) is 33.4 Å². The predicted molar refractivity (Wildman–Crippen MR) is 56.8 cm³/mol. The highest BCUT2D eigenvalue weighted by Gasteiger charge is 2.22. The van der Waals surface area contributed by atoms with E-state index >= 15 is 0 Å². The molecule has 4 nitrogen and oxygen atoms in total. The van der Waals surface area contributed by atoms with Gasteiger partial charge in [-0.3, -0.25) is 0 Å². The largest absolute Gasteiger partial charge is 0.493 e. The minimum Gasteiger partial charge on any atom is -0.493 e. The summed E-state index contributed by atoms with van der Waals surface area (Å²) in [4.78, 5) is 0. The van der Waals surface area contributed by atoms with Gasteiger partial charge in [-0.2, -0.15) is 0 Å². The molecule has 0 aromatic heterocycles. The molecule has 1 aromatic carbocycles. The van der Waals surface area contributed by atoms with E-state index in [0.29, 0.717) is 17.2 Å². The number of hydrogen-bond acceptors (Lipinski definition) is 4. The molecule has 1 saturated heterocycles. The van der Waals surface area contributed by atoms with Crippen LogP contribution in [0, 0.1) is 0 Å². The van der Waals surface area contributed by atoms with Gasteiger partial charge in [0.25, 0.3) is 0 Å². The Morgan fingerprint density at radius 3 is 2.13 bits per heavy atom. The van der Waals surface area contributed by atoms with Gasteiger partial charge in [-0.05, 0) is 12.1 Å². The predicted octanol–water partition coefficient (Wildman–Crippen LogP) is 1.05. The standard InChI is InChI=1S/C11H15NO3/c1-13-9-4-3-5-10(14-2)11(9)15-8-6-12-7-8/h3-5,8,12H,6-7H2,1-2H3. The van der Waals surface area contributed by atoms with Crippen LogP contribution < -0.4 is 19.5 Å². The molecule has 0 aliphatic carbocycles. The molecule has 0 unspecified atom stereocenters. The minimum atomic E-state index is 0.218. The van der Waals surface area contributed by atoms with Crippen LogP contribution in [0.15, 0.2) is 18.2 Å². The minimum absolute atomic E-state index is 0.218. The smallest absolute Gasteiger partial charge is 0.203 e. The van der Waals surface area contributed by atoms with Crippen LogP contribution in [-0.2, 0) is 0 Å². The Bertz CT molecular complexity index is 314. The van der Waals surface area contributed by atoms with E-state index in [1.54, 1.807) is 14.2 Å². The molecular formula is C11H15NO3. The second-order valence-corrected chi connectivity index (χ2v) is 3.39. The van der Waals surface area contributed by atoms with Gasteiger partial charge in [0, 0.05) is 13.1 Å². The number of methoxy groups -OCH3 is 2. The molecular weight excluding hydrogens is 194 g/mol. The molecule has 1 aliphatic rings. The van der Waals surface area contributed by atoms with Crippen molar-refractivity contribution < 1.29 is 14.2 Å². The Morgan fingerprint density at radius 2 is 1.73 bits per heavy atom. The molecule has 0 amide bonds. The summed E-state index contributed by atoms with van der Waals surface area (Å²) in [6, 6.07) is 5.61. The summed E-state index contributed by atoms with van der Waals surface area (Å²) < 4.78 is 16.2. The summed E-state index contributed by atoms with van der Waals surface area (Å²) in [6.07, 6.45) is 0.218. The molecule has 15 heavy (non-hydrogen) atoms. The lowest BCUT2D eigenvalue weighted by Gasteiger charge is -2.29. The van der Waals surface area contributed by atoms with Crippen LogP contribution in [0.25, 0.3) is 0 Å². The molecule has 0 bridgehead atoms. The Kier molecular flexibility index (Phi) is 2.97. The molecule has 2 rings (SSSR count). The van der Waals surface area contributed by atoms with Gasteiger partial charge in [-0.15, -0.1) is 0 Å². The maximum absolute atomic E-state index is 5.78. The SMILES string of the molecule is COc1cccc(OC)c1OC1CNC1. The highest BCUT2D eigenvalue weighted by Crippen LogP contribution is 2.37. The Morgan fingerprint density at radius 1 is 1.13 bits per heavy atom. The number of ether oxygens (including phenoxy) is 3. The molecule has 4 heteroatoms. The summed E-state index contributed by atoms with van der Waals surface area (Å²) in [6.45, 7) is 1.75. The van der Waals surface area contributed by atoms with Gasteiger partial charge in [0.2, 0.25) is 5.75 Å². The quantitative estimate of drug-likeness (QED) is 0.804. The van der Waals surface area contributed by atoms with Crippen LogP contribution >= 0.6 is 0 Å². The lowest BCUT2D eigenvalue weighted by Crippen LogP contribution is -2.50. The Balaban J connectivity index is 2.23. The van der Waals surface area contributed by atoms with Gasteiger partial charge in [-0.25, -0.2) is 0 Å². The first-order valence-corrected chi connectivity index (χ1v) is 4.93. The maximum atomic E-state index is 5.78. The zero-order chi connectivity index (χ0) is 10.7. The summed E-state index contributed by atoms with van der Waals surface area (Å²) in [5.74, 6) is 2.11. The maximum Gasteiger partial charge on any atom is 0.203 e. The van der Waals surface area contributed by atoms with Crippen LogP contribution in [0.1, 0.15) is 0 Å². The Labute approximate surface area is 89.1 Å². The van der Waals surface area contributed by atoms with Crippen LogP contribution in [0.3, 0.4) is 0 Å². The molecule has 0 spiro atoms. The highest BCUT2D eigenvalue weighted by atomic mass is 16.5. The average Bonchev–Trinajstić information content (AvgIpc) is 2.23. The number of hydrogen-bond donors (Lipinski definition) is 1. The van der Waals surface area contributed by atoms with E-state index in [1.165, 1.54) is 0 Å². The fraction of sp³-hybridized carbons (Fsp3) is 0.455. The monoisotopic (exact) mass is 209 g/mol. The van der Waals surface area contributed by atoms with Crippen molar-refractivity contribution in [3.8, 4) is 17.2 Å². The average molecular weight is 209 g/mol. The van der Waals surface area contributed by atoms with Gasteiger partial charge in [-0.1, -0.05) is 6.07 Å². The third-order valence-electron chi connectivity index (χ3n) is 2.41. The number of rotatable bonds is 4. The third-order valence-corrected chi connectivity index (χ3v) is 2.41. The second-order valence-electron chi connectivity index (χ2n) is 3.39. The molecule has 1 heterocycles. The van der Waals surface area contributed by atoms with Crippen molar-refractivity contribution in [2.24, 2.45) is 0 Å². The van der Waals surface area contributed by atoms with Crippen molar-refractivity contribution in [1.82, 2.24) is 5.32 Å². The fourth-order valence-electron chi connectivity index (χ4n) is 1.45. The van der Waals surface area contributed by atoms with Crippen molar-refractivity contribution >= 4 is 0 Å². The number of nitrogens with one attached hydrogen (secondary N) is 1. The first-order chi connectivity index (χ1) is 7.35. The first kappa shape index (κ1) is 10.1.